The molecule has 0 saturated carbocycles. The zero-order valence-electron chi connectivity index (χ0n) is 10.3. The Balaban J connectivity index is 2.23. The van der Waals surface area contributed by atoms with Crippen LogP contribution in [0.5, 0.6) is 0 Å². The van der Waals surface area contributed by atoms with Gasteiger partial charge in [-0.25, -0.2) is 8.42 Å². The van der Waals surface area contributed by atoms with Crippen LogP contribution in [0.1, 0.15) is 32.1 Å². The van der Waals surface area contributed by atoms with Crippen LogP contribution in [0, 0.1) is 0 Å². The molecule has 1 aliphatic rings. The normalized spacial score (nSPS) is 19.2. The molecule has 1 fully saturated rings. The highest BCUT2D eigenvalue weighted by Gasteiger charge is 2.24. The molecular formula is C13H18BrNO2S. The molecule has 3 nitrogen and oxygen atoms in total. The van der Waals surface area contributed by atoms with Crippen molar-refractivity contribution in [2.75, 3.05) is 13.1 Å². The molecule has 1 aromatic rings. The van der Waals surface area contributed by atoms with Gasteiger partial charge in [0.25, 0.3) is 0 Å². The minimum absolute atomic E-state index is 0.387. The first-order valence-corrected chi connectivity index (χ1v) is 8.60. The largest absolute Gasteiger partial charge is 0.243 e. The molecular weight excluding hydrogens is 314 g/mol. The number of sulfonamides is 1. The third kappa shape index (κ3) is 3.33. The van der Waals surface area contributed by atoms with E-state index in [4.69, 9.17) is 0 Å². The molecule has 0 aromatic heterocycles. The molecule has 0 unspecified atom stereocenters. The highest BCUT2D eigenvalue weighted by atomic mass is 79.9. The van der Waals surface area contributed by atoms with Gasteiger partial charge in [0.1, 0.15) is 0 Å². The molecule has 1 saturated heterocycles. The van der Waals surface area contributed by atoms with E-state index >= 15 is 0 Å². The average Bonchev–Trinajstić information content (AvgIpc) is 2.27. The highest BCUT2D eigenvalue weighted by molar-refractivity contribution is 9.10. The van der Waals surface area contributed by atoms with Gasteiger partial charge in [-0.15, -0.1) is 0 Å². The average molecular weight is 332 g/mol. The van der Waals surface area contributed by atoms with Gasteiger partial charge in [0.2, 0.25) is 10.0 Å². The first-order valence-electron chi connectivity index (χ1n) is 6.36. The number of nitrogens with zero attached hydrogens (tertiary/aromatic N) is 1. The van der Waals surface area contributed by atoms with Crippen molar-refractivity contribution in [3.8, 4) is 0 Å². The lowest BCUT2D eigenvalue weighted by Crippen LogP contribution is -2.33. The van der Waals surface area contributed by atoms with E-state index in [9.17, 15) is 8.42 Å². The Labute approximate surface area is 117 Å². The molecule has 0 spiro atoms. The second-order valence-corrected chi connectivity index (χ2v) is 7.48. The fourth-order valence-corrected chi connectivity index (χ4v) is 4.35. The Morgan fingerprint density at radius 3 is 2.22 bits per heavy atom. The van der Waals surface area contributed by atoms with E-state index in [2.05, 4.69) is 15.9 Å². The minimum Gasteiger partial charge on any atom is -0.207 e. The summed E-state index contributed by atoms with van der Waals surface area (Å²) < 4.78 is 27.5. The van der Waals surface area contributed by atoms with E-state index in [0.29, 0.717) is 18.0 Å². The third-order valence-electron chi connectivity index (χ3n) is 3.25. The van der Waals surface area contributed by atoms with Gasteiger partial charge >= 0.3 is 0 Å². The van der Waals surface area contributed by atoms with Crippen molar-refractivity contribution in [1.29, 1.82) is 0 Å². The minimum atomic E-state index is -3.32. The summed E-state index contributed by atoms with van der Waals surface area (Å²) in [4.78, 5) is 0.387. The Bertz CT molecular complexity index is 493. The van der Waals surface area contributed by atoms with Crippen molar-refractivity contribution in [2.24, 2.45) is 0 Å². The van der Waals surface area contributed by atoms with E-state index in [1.54, 1.807) is 22.5 Å². The van der Waals surface area contributed by atoms with Crippen molar-refractivity contribution < 1.29 is 8.42 Å². The second-order valence-electron chi connectivity index (χ2n) is 4.63. The lowest BCUT2D eigenvalue weighted by atomic mass is 10.1. The van der Waals surface area contributed by atoms with Gasteiger partial charge < -0.3 is 0 Å². The van der Waals surface area contributed by atoms with Gasteiger partial charge in [0.15, 0.2) is 0 Å². The van der Waals surface area contributed by atoms with Crippen molar-refractivity contribution in [2.45, 2.75) is 37.0 Å². The molecule has 1 heterocycles. The third-order valence-corrected chi connectivity index (χ3v) is 5.64. The second kappa shape index (κ2) is 6.17. The maximum Gasteiger partial charge on any atom is 0.243 e. The summed E-state index contributed by atoms with van der Waals surface area (Å²) >= 11 is 3.32. The van der Waals surface area contributed by atoms with E-state index < -0.39 is 10.0 Å². The van der Waals surface area contributed by atoms with Crippen LogP contribution >= 0.6 is 15.9 Å². The van der Waals surface area contributed by atoms with Gasteiger partial charge in [0, 0.05) is 17.6 Å². The first kappa shape index (κ1) is 14.0. The number of halogens is 1. The number of hydrogen-bond acceptors (Lipinski definition) is 2. The Morgan fingerprint density at radius 2 is 1.61 bits per heavy atom. The fourth-order valence-electron chi connectivity index (χ4n) is 2.24. The van der Waals surface area contributed by atoms with Crippen LogP contribution in [-0.2, 0) is 10.0 Å². The standard InChI is InChI=1S/C13H18BrNO2S/c14-12-7-6-8-13(11-12)18(16,17)15-9-4-2-1-3-5-10-15/h6-8,11H,1-5,9-10H2. The van der Waals surface area contributed by atoms with Crippen molar-refractivity contribution >= 4 is 26.0 Å². The van der Waals surface area contributed by atoms with Gasteiger partial charge in [-0.2, -0.15) is 4.31 Å². The summed E-state index contributed by atoms with van der Waals surface area (Å²) in [5.74, 6) is 0. The van der Waals surface area contributed by atoms with Crippen molar-refractivity contribution in [3.05, 3.63) is 28.7 Å². The quantitative estimate of drug-likeness (QED) is 0.832. The van der Waals surface area contributed by atoms with Crippen LogP contribution in [-0.4, -0.2) is 25.8 Å². The lowest BCUT2D eigenvalue weighted by molar-refractivity contribution is 0.364. The molecule has 0 radical (unpaired) electrons. The van der Waals surface area contributed by atoms with E-state index in [0.717, 1.165) is 30.2 Å². The monoisotopic (exact) mass is 331 g/mol. The zero-order valence-corrected chi connectivity index (χ0v) is 12.7. The first-order chi connectivity index (χ1) is 8.60. The molecule has 0 aliphatic carbocycles. The van der Waals surface area contributed by atoms with Crippen LogP contribution in [0.15, 0.2) is 33.6 Å². The van der Waals surface area contributed by atoms with Gasteiger partial charge in [-0.3, -0.25) is 0 Å². The number of hydrogen-bond donors (Lipinski definition) is 0. The summed E-state index contributed by atoms with van der Waals surface area (Å²) in [6.45, 7) is 1.30. The van der Waals surface area contributed by atoms with Crippen LogP contribution in [0.2, 0.25) is 0 Å². The molecule has 5 heteroatoms. The highest BCUT2D eigenvalue weighted by Crippen LogP contribution is 2.22. The van der Waals surface area contributed by atoms with Crippen molar-refractivity contribution in [1.82, 2.24) is 4.31 Å². The maximum absolute atomic E-state index is 12.5. The SMILES string of the molecule is O=S(=O)(c1cccc(Br)c1)N1CCCCCCC1. The predicted molar refractivity (Wildman–Crippen MR) is 76.0 cm³/mol. The summed E-state index contributed by atoms with van der Waals surface area (Å²) in [5, 5.41) is 0. The molecule has 0 bridgehead atoms. The number of rotatable bonds is 2. The topological polar surface area (TPSA) is 37.4 Å². The predicted octanol–water partition coefficient (Wildman–Crippen LogP) is 3.40. The molecule has 0 N–H and O–H groups in total. The Kier molecular flexibility index (Phi) is 4.81. The van der Waals surface area contributed by atoms with Crippen LogP contribution < -0.4 is 0 Å². The smallest absolute Gasteiger partial charge is 0.207 e. The number of benzene rings is 1. The van der Waals surface area contributed by atoms with Crippen molar-refractivity contribution in [3.63, 3.8) is 0 Å². The summed E-state index contributed by atoms with van der Waals surface area (Å²) in [6, 6.07) is 6.94. The van der Waals surface area contributed by atoms with Gasteiger partial charge in [0.05, 0.1) is 4.90 Å². The Morgan fingerprint density at radius 1 is 1.00 bits per heavy atom. The molecule has 1 aliphatic heterocycles. The molecule has 1 aromatic carbocycles. The summed E-state index contributed by atoms with van der Waals surface area (Å²) in [5.41, 5.74) is 0. The molecule has 18 heavy (non-hydrogen) atoms. The van der Waals surface area contributed by atoms with E-state index in [1.165, 1.54) is 6.42 Å². The lowest BCUT2D eigenvalue weighted by Gasteiger charge is -2.24. The molecule has 0 atom stereocenters. The maximum atomic E-state index is 12.5. The Hall–Kier alpha value is -0.390. The van der Waals surface area contributed by atoms with E-state index in [-0.39, 0.29) is 0 Å². The molecule has 100 valence electrons. The van der Waals surface area contributed by atoms with Crippen LogP contribution in [0.25, 0.3) is 0 Å². The van der Waals surface area contributed by atoms with Crippen LogP contribution in [0.4, 0.5) is 0 Å². The fraction of sp³-hybridized carbons (Fsp3) is 0.538. The van der Waals surface area contributed by atoms with Gasteiger partial charge in [-0.1, -0.05) is 41.3 Å². The summed E-state index contributed by atoms with van der Waals surface area (Å²) in [6.07, 6.45) is 5.42. The van der Waals surface area contributed by atoms with E-state index in [1.807, 2.05) is 6.07 Å². The van der Waals surface area contributed by atoms with Crippen LogP contribution in [0.3, 0.4) is 0 Å². The zero-order chi connectivity index (χ0) is 13.0. The molecule has 0 amide bonds. The van der Waals surface area contributed by atoms with Gasteiger partial charge in [-0.05, 0) is 31.0 Å². The molecule has 2 rings (SSSR count). The summed E-state index contributed by atoms with van der Waals surface area (Å²) in [7, 11) is -3.32.